The fraction of sp³-hybridized carbons (Fsp3) is 0.333. The largest absolute Gasteiger partial charge is 0.480 e. The van der Waals surface area contributed by atoms with Crippen LogP contribution in [-0.2, 0) is 4.79 Å². The molecule has 2 atom stereocenters. The molecule has 0 spiro atoms. The number of carbonyl (C=O) groups is 2. The first kappa shape index (κ1) is 15.6. The first-order valence-corrected chi connectivity index (χ1v) is 6.72. The van der Waals surface area contributed by atoms with Crippen LogP contribution in [0.4, 0.5) is 19.3 Å². The Bertz CT molecular complexity index is 576. The summed E-state index contributed by atoms with van der Waals surface area (Å²) in [5, 5.41) is 20.4. The molecule has 1 heterocycles. The summed E-state index contributed by atoms with van der Waals surface area (Å²) in [6.45, 7) is -0.220. The topological polar surface area (TPSA) is 89.9 Å². The van der Waals surface area contributed by atoms with E-state index in [0.29, 0.717) is 0 Å². The molecule has 1 aromatic carbocycles. The number of urea groups is 1. The van der Waals surface area contributed by atoms with Crippen LogP contribution >= 0.6 is 15.9 Å². The number of carbonyl (C=O) groups excluding carboxylic acids is 1. The van der Waals surface area contributed by atoms with Gasteiger partial charge in [0.2, 0.25) is 0 Å². The molecule has 0 unspecified atom stereocenters. The fourth-order valence-corrected chi connectivity index (χ4v) is 2.51. The van der Waals surface area contributed by atoms with Gasteiger partial charge in [0, 0.05) is 17.4 Å². The van der Waals surface area contributed by atoms with E-state index in [2.05, 4.69) is 15.9 Å². The van der Waals surface area contributed by atoms with Crippen molar-refractivity contribution in [3.63, 3.8) is 0 Å². The van der Waals surface area contributed by atoms with Crippen LogP contribution in [0.1, 0.15) is 6.42 Å². The molecule has 1 aliphatic rings. The molecule has 0 aromatic heterocycles. The molecule has 2 rings (SSSR count). The van der Waals surface area contributed by atoms with Gasteiger partial charge in [0.05, 0.1) is 6.10 Å². The minimum atomic E-state index is -1.29. The average molecular weight is 365 g/mol. The van der Waals surface area contributed by atoms with Gasteiger partial charge in [-0.1, -0.05) is 15.9 Å². The van der Waals surface area contributed by atoms with Gasteiger partial charge in [0.15, 0.2) is 11.6 Å². The molecule has 0 bridgehead atoms. The number of hydrogen-bond donors (Lipinski definition) is 3. The van der Waals surface area contributed by atoms with Crippen LogP contribution in [0.25, 0.3) is 0 Å². The number of aliphatic hydroxyl groups excluding tert-OH is 1. The minimum absolute atomic E-state index is 0.131. The van der Waals surface area contributed by atoms with Gasteiger partial charge < -0.3 is 20.4 Å². The summed E-state index contributed by atoms with van der Waals surface area (Å²) in [4.78, 5) is 23.8. The van der Waals surface area contributed by atoms with Gasteiger partial charge in [-0.2, -0.15) is 0 Å². The summed E-state index contributed by atoms with van der Waals surface area (Å²) in [5.74, 6) is -3.29. The first-order chi connectivity index (χ1) is 9.79. The zero-order valence-corrected chi connectivity index (χ0v) is 12.1. The van der Waals surface area contributed by atoms with Crippen molar-refractivity contribution in [3.8, 4) is 0 Å². The van der Waals surface area contributed by atoms with Crippen molar-refractivity contribution in [1.29, 1.82) is 0 Å². The smallest absolute Gasteiger partial charge is 0.326 e. The number of likely N-dealkylation sites (tertiary alicyclic amines) is 1. The summed E-state index contributed by atoms with van der Waals surface area (Å²) in [6.07, 6.45) is -1.12. The molecule has 0 saturated carbocycles. The van der Waals surface area contributed by atoms with Crippen LogP contribution in [0.15, 0.2) is 16.6 Å². The van der Waals surface area contributed by atoms with Gasteiger partial charge in [-0.05, 0) is 12.1 Å². The van der Waals surface area contributed by atoms with Crippen molar-refractivity contribution in [2.45, 2.75) is 18.6 Å². The predicted molar refractivity (Wildman–Crippen MR) is 71.8 cm³/mol. The zero-order valence-electron chi connectivity index (χ0n) is 10.5. The first-order valence-electron chi connectivity index (χ1n) is 5.92. The highest BCUT2D eigenvalue weighted by atomic mass is 79.9. The highest BCUT2D eigenvalue weighted by Crippen LogP contribution is 2.25. The predicted octanol–water partition coefficient (Wildman–Crippen LogP) is 1.78. The normalized spacial score (nSPS) is 21.4. The molecule has 2 amide bonds. The van der Waals surface area contributed by atoms with E-state index in [4.69, 9.17) is 5.11 Å². The SMILES string of the molecule is O=C(O)[C@@H]1C[C@@H](O)CN1C(=O)Nc1c(F)cc(Br)cc1F. The molecule has 9 heteroatoms. The van der Waals surface area contributed by atoms with Crippen molar-refractivity contribution >= 4 is 33.6 Å². The highest BCUT2D eigenvalue weighted by Gasteiger charge is 2.39. The van der Waals surface area contributed by atoms with E-state index in [1.165, 1.54) is 0 Å². The number of nitrogens with one attached hydrogen (secondary N) is 1. The second-order valence-electron chi connectivity index (χ2n) is 4.57. The number of hydrogen-bond acceptors (Lipinski definition) is 3. The Morgan fingerprint density at radius 2 is 1.90 bits per heavy atom. The number of benzene rings is 1. The number of carboxylic acid groups (broad SMARTS) is 1. The molecule has 1 saturated heterocycles. The maximum Gasteiger partial charge on any atom is 0.326 e. The van der Waals surface area contributed by atoms with E-state index in [9.17, 15) is 23.5 Å². The molecule has 21 heavy (non-hydrogen) atoms. The second kappa shape index (κ2) is 5.94. The van der Waals surface area contributed by atoms with Crippen LogP contribution in [0, 0.1) is 11.6 Å². The Kier molecular flexibility index (Phi) is 4.43. The van der Waals surface area contributed by atoms with E-state index in [-0.39, 0.29) is 17.4 Å². The third-order valence-electron chi connectivity index (χ3n) is 3.06. The van der Waals surface area contributed by atoms with E-state index in [1.807, 2.05) is 5.32 Å². The number of aliphatic carboxylic acids is 1. The third kappa shape index (κ3) is 3.30. The van der Waals surface area contributed by atoms with Crippen LogP contribution in [0.5, 0.6) is 0 Å². The maximum atomic E-state index is 13.6. The van der Waals surface area contributed by atoms with Gasteiger partial charge in [-0.3, -0.25) is 0 Å². The van der Waals surface area contributed by atoms with Crippen LogP contribution in [0.2, 0.25) is 0 Å². The van der Waals surface area contributed by atoms with Crippen molar-refractivity contribution < 1.29 is 28.6 Å². The lowest BCUT2D eigenvalue weighted by Crippen LogP contribution is -2.43. The number of aliphatic hydroxyl groups is 1. The zero-order chi connectivity index (χ0) is 15.7. The Morgan fingerprint density at radius 1 is 1.33 bits per heavy atom. The standard InChI is InChI=1S/C12H11BrF2N2O4/c13-5-1-7(14)10(8(15)2-5)16-12(21)17-4-6(18)3-9(17)11(19)20/h1-2,6,9,18H,3-4H2,(H,16,21)(H,19,20)/t6-,9+/m1/s1. The summed E-state index contributed by atoms with van der Waals surface area (Å²) in [7, 11) is 0. The molecule has 0 aliphatic carbocycles. The molecule has 1 fully saturated rings. The molecule has 1 aliphatic heterocycles. The number of nitrogens with zero attached hydrogens (tertiary/aromatic N) is 1. The molecule has 1 aromatic rings. The third-order valence-corrected chi connectivity index (χ3v) is 3.52. The van der Waals surface area contributed by atoms with E-state index >= 15 is 0 Å². The number of rotatable bonds is 2. The second-order valence-corrected chi connectivity index (χ2v) is 5.49. The summed E-state index contributed by atoms with van der Waals surface area (Å²) < 4.78 is 27.4. The summed E-state index contributed by atoms with van der Waals surface area (Å²) in [5.41, 5.74) is -0.672. The number of halogens is 3. The minimum Gasteiger partial charge on any atom is -0.480 e. The van der Waals surface area contributed by atoms with Gasteiger partial charge in [0.25, 0.3) is 0 Å². The number of β-amino-alcohol motifs (C(OH)–C–C–N with tert-alkyl or cyclic N) is 1. The van der Waals surface area contributed by atoms with Crippen LogP contribution in [0.3, 0.4) is 0 Å². The monoisotopic (exact) mass is 364 g/mol. The van der Waals surface area contributed by atoms with Gasteiger partial charge in [-0.25, -0.2) is 18.4 Å². The Hall–Kier alpha value is -1.74. The van der Waals surface area contributed by atoms with Crippen molar-refractivity contribution in [1.82, 2.24) is 4.90 Å². The maximum absolute atomic E-state index is 13.6. The lowest BCUT2D eigenvalue weighted by molar-refractivity contribution is -0.141. The molecule has 6 nitrogen and oxygen atoms in total. The Morgan fingerprint density at radius 3 is 2.43 bits per heavy atom. The van der Waals surface area contributed by atoms with Crippen molar-refractivity contribution in [2.75, 3.05) is 11.9 Å². The molecular weight excluding hydrogens is 354 g/mol. The lowest BCUT2D eigenvalue weighted by atomic mass is 10.2. The lowest BCUT2D eigenvalue weighted by Gasteiger charge is -2.21. The van der Waals surface area contributed by atoms with Gasteiger partial charge >= 0.3 is 12.0 Å². The van der Waals surface area contributed by atoms with E-state index in [1.54, 1.807) is 0 Å². The molecule has 114 valence electrons. The average Bonchev–Trinajstić information content (AvgIpc) is 2.76. The Balaban J connectivity index is 2.20. The Labute approximate surface area is 126 Å². The highest BCUT2D eigenvalue weighted by molar-refractivity contribution is 9.10. The van der Waals surface area contributed by atoms with Gasteiger partial charge in [0.1, 0.15) is 11.7 Å². The van der Waals surface area contributed by atoms with E-state index in [0.717, 1.165) is 17.0 Å². The summed E-state index contributed by atoms with van der Waals surface area (Å²) >= 11 is 2.90. The number of amides is 2. The molecule has 0 radical (unpaired) electrons. The van der Waals surface area contributed by atoms with Crippen LogP contribution in [-0.4, -0.2) is 45.8 Å². The van der Waals surface area contributed by atoms with Crippen molar-refractivity contribution in [2.24, 2.45) is 0 Å². The summed E-state index contributed by atoms with van der Waals surface area (Å²) in [6, 6.07) is -0.293. The number of carboxylic acids is 1. The van der Waals surface area contributed by atoms with Crippen molar-refractivity contribution in [3.05, 3.63) is 28.2 Å². The molecular formula is C12H11BrF2N2O4. The van der Waals surface area contributed by atoms with Crippen LogP contribution < -0.4 is 5.32 Å². The van der Waals surface area contributed by atoms with E-state index < -0.39 is 41.5 Å². The fourth-order valence-electron chi connectivity index (χ4n) is 2.11. The quantitative estimate of drug-likeness (QED) is 0.746. The molecule has 3 N–H and O–H groups in total. The number of anilines is 1. The van der Waals surface area contributed by atoms with Gasteiger partial charge in [-0.15, -0.1) is 0 Å².